The predicted octanol–water partition coefficient (Wildman–Crippen LogP) is 10.8. The van der Waals surface area contributed by atoms with Crippen molar-refractivity contribution in [2.75, 3.05) is 26.4 Å². The number of rotatable bonds is 42. The van der Waals surface area contributed by atoms with Gasteiger partial charge in [-0.25, -0.2) is 9.13 Å². The van der Waals surface area contributed by atoms with Gasteiger partial charge in [-0.3, -0.25) is 23.2 Å². The minimum atomic E-state index is -4.89. The number of phosphoric ester groups is 2. The first-order valence-electron chi connectivity index (χ1n) is 22.7. The Labute approximate surface area is 372 Å². The highest BCUT2D eigenvalue weighted by Gasteiger charge is 2.28. The van der Waals surface area contributed by atoms with Gasteiger partial charge in [0.1, 0.15) is 12.7 Å². The SMILES string of the molecule is CCCCC/C=C\C/C=C\C/C=C\CCCCCCC(=O)O[C@H](COC(=O)CCCC(O)/C=C/C=C/C/C=C/CCCCCCCC)COP(=O)(O)OC[C@@H](O)COP(=O)(O)O. The van der Waals surface area contributed by atoms with Crippen molar-refractivity contribution in [1.82, 2.24) is 0 Å². The Bertz CT molecular complexity index is 1390. The van der Waals surface area contributed by atoms with Crippen LogP contribution in [-0.2, 0) is 41.8 Å². The zero-order valence-electron chi connectivity index (χ0n) is 37.6. The first kappa shape index (κ1) is 59.5. The first-order chi connectivity index (χ1) is 29.8. The van der Waals surface area contributed by atoms with E-state index in [9.17, 15) is 33.8 Å². The molecule has 0 aromatic rings. The molecule has 0 fully saturated rings. The summed E-state index contributed by atoms with van der Waals surface area (Å²) in [6, 6.07) is 0. The van der Waals surface area contributed by atoms with Gasteiger partial charge in [-0.15, -0.1) is 0 Å². The molecule has 0 saturated carbocycles. The molecule has 0 spiro atoms. The zero-order chi connectivity index (χ0) is 46.0. The largest absolute Gasteiger partial charge is 0.472 e. The van der Waals surface area contributed by atoms with Gasteiger partial charge in [0.15, 0.2) is 6.10 Å². The molecule has 4 atom stereocenters. The van der Waals surface area contributed by atoms with E-state index in [-0.39, 0.29) is 12.8 Å². The molecule has 358 valence electrons. The number of phosphoric acid groups is 2. The Morgan fingerprint density at radius 2 is 1.02 bits per heavy atom. The molecule has 0 bridgehead atoms. The molecule has 16 heteroatoms. The van der Waals surface area contributed by atoms with Crippen LogP contribution in [0.25, 0.3) is 0 Å². The van der Waals surface area contributed by atoms with Gasteiger partial charge in [0, 0.05) is 12.8 Å². The average molecular weight is 919 g/mol. The Morgan fingerprint density at radius 1 is 0.532 bits per heavy atom. The molecule has 0 saturated heterocycles. The van der Waals surface area contributed by atoms with Crippen molar-refractivity contribution in [2.45, 2.75) is 180 Å². The van der Waals surface area contributed by atoms with Crippen LogP contribution in [0.1, 0.15) is 162 Å². The number of ether oxygens (including phenoxy) is 2. The molecule has 62 heavy (non-hydrogen) atoms. The van der Waals surface area contributed by atoms with E-state index >= 15 is 0 Å². The summed E-state index contributed by atoms with van der Waals surface area (Å²) in [5.41, 5.74) is 0. The minimum Gasteiger partial charge on any atom is -0.462 e. The molecule has 14 nitrogen and oxygen atoms in total. The van der Waals surface area contributed by atoms with E-state index < -0.39 is 72.3 Å². The average Bonchev–Trinajstić information content (AvgIpc) is 3.22. The quantitative estimate of drug-likeness (QED) is 0.0127. The number of aliphatic hydroxyl groups excluding tert-OH is 2. The summed E-state index contributed by atoms with van der Waals surface area (Å²) in [6.45, 7) is 1.48. The molecule has 0 aliphatic carbocycles. The smallest absolute Gasteiger partial charge is 0.462 e. The van der Waals surface area contributed by atoms with Gasteiger partial charge in [0.25, 0.3) is 0 Å². The lowest BCUT2D eigenvalue weighted by Gasteiger charge is -2.20. The first-order valence-corrected chi connectivity index (χ1v) is 25.8. The van der Waals surface area contributed by atoms with E-state index in [1.165, 1.54) is 57.8 Å². The Hall–Kier alpha value is -2.48. The van der Waals surface area contributed by atoms with E-state index in [0.717, 1.165) is 57.8 Å². The topological polar surface area (TPSA) is 216 Å². The maximum atomic E-state index is 12.7. The lowest BCUT2D eigenvalue weighted by atomic mass is 10.1. The monoisotopic (exact) mass is 919 g/mol. The Kier molecular flexibility index (Phi) is 39.6. The highest BCUT2D eigenvalue weighted by atomic mass is 31.2. The molecule has 0 aliphatic heterocycles. The van der Waals surface area contributed by atoms with Gasteiger partial charge >= 0.3 is 27.6 Å². The van der Waals surface area contributed by atoms with Crippen LogP contribution in [0.3, 0.4) is 0 Å². The lowest BCUT2D eigenvalue weighted by molar-refractivity contribution is -0.161. The van der Waals surface area contributed by atoms with Crippen LogP contribution >= 0.6 is 15.6 Å². The van der Waals surface area contributed by atoms with Crippen molar-refractivity contribution in [3.63, 3.8) is 0 Å². The standard InChI is InChI=1S/C46H80O14P2/c1-3-5-7-9-11-13-15-17-18-19-20-22-24-26-28-30-32-36-46(50)60-44(41-59-62(54,55)58-39-43(48)38-57-61(51,52)53)40-56-45(49)37-33-35-42(47)34-31-29-27-25-23-21-16-14-12-10-8-6-4-2/h11,13,17-18,20-23,27,29,31,34,42-44,47-48H,3-10,12,14-16,19,24-26,28,30,32-33,35-41H2,1-2H3,(H,54,55)(H2,51,52,53)/b13-11-,18-17-,22-20-,23-21+,29-27+,34-31+/t42?,43-,44+/m0/s1. The van der Waals surface area contributed by atoms with Crippen molar-refractivity contribution in [3.8, 4) is 0 Å². The zero-order valence-corrected chi connectivity index (χ0v) is 39.3. The molecule has 0 aliphatic rings. The summed E-state index contributed by atoms with van der Waals surface area (Å²) in [7, 11) is -9.75. The van der Waals surface area contributed by atoms with Crippen LogP contribution in [0.5, 0.6) is 0 Å². The molecular formula is C46H80O14P2. The number of carbonyl (C=O) groups excluding carboxylic acids is 2. The number of carbonyl (C=O) groups is 2. The lowest BCUT2D eigenvalue weighted by Crippen LogP contribution is -2.30. The molecule has 5 N–H and O–H groups in total. The third-order valence-corrected chi connectivity index (χ3v) is 10.6. The van der Waals surface area contributed by atoms with Crippen molar-refractivity contribution < 1.29 is 66.7 Å². The van der Waals surface area contributed by atoms with E-state index in [4.69, 9.17) is 23.8 Å². The van der Waals surface area contributed by atoms with Crippen molar-refractivity contribution >= 4 is 27.6 Å². The summed E-state index contributed by atoms with van der Waals surface area (Å²) in [5, 5.41) is 20.0. The highest BCUT2D eigenvalue weighted by molar-refractivity contribution is 7.47. The van der Waals surface area contributed by atoms with Crippen LogP contribution in [0.4, 0.5) is 0 Å². The van der Waals surface area contributed by atoms with Gasteiger partial charge < -0.3 is 34.4 Å². The van der Waals surface area contributed by atoms with Gasteiger partial charge in [-0.1, -0.05) is 145 Å². The second-order valence-corrected chi connectivity index (χ2v) is 17.9. The van der Waals surface area contributed by atoms with Crippen LogP contribution in [0.15, 0.2) is 72.9 Å². The van der Waals surface area contributed by atoms with Crippen LogP contribution in [-0.4, -0.2) is 81.6 Å². The van der Waals surface area contributed by atoms with Crippen LogP contribution in [0.2, 0.25) is 0 Å². The predicted molar refractivity (Wildman–Crippen MR) is 245 cm³/mol. The van der Waals surface area contributed by atoms with Gasteiger partial charge in [0.2, 0.25) is 0 Å². The fraction of sp³-hybridized carbons (Fsp3) is 0.696. The van der Waals surface area contributed by atoms with Crippen molar-refractivity contribution in [1.29, 1.82) is 0 Å². The third-order valence-electron chi connectivity index (χ3n) is 9.16. The molecule has 2 unspecified atom stereocenters. The van der Waals surface area contributed by atoms with E-state index in [2.05, 4.69) is 71.5 Å². The summed E-state index contributed by atoms with van der Waals surface area (Å²) in [4.78, 5) is 52.8. The molecule has 0 rings (SSSR count). The number of aliphatic hydroxyl groups is 2. The maximum absolute atomic E-state index is 12.7. The summed E-state index contributed by atoms with van der Waals surface area (Å²) in [5.74, 6) is -1.26. The Morgan fingerprint density at radius 3 is 1.63 bits per heavy atom. The normalized spacial score (nSPS) is 15.1. The van der Waals surface area contributed by atoms with Crippen molar-refractivity contribution in [3.05, 3.63) is 72.9 Å². The fourth-order valence-corrected chi connectivity index (χ4v) is 6.81. The number of unbranched alkanes of at least 4 members (excludes halogenated alkanes) is 13. The molecule has 0 amide bonds. The third kappa shape index (κ3) is 44.1. The van der Waals surface area contributed by atoms with Gasteiger partial charge in [-0.05, 0) is 77.0 Å². The number of esters is 2. The summed E-state index contributed by atoms with van der Waals surface area (Å²) >= 11 is 0. The molecule has 0 aromatic heterocycles. The second kappa shape index (κ2) is 41.2. The maximum Gasteiger partial charge on any atom is 0.472 e. The molecule has 0 radical (unpaired) electrons. The van der Waals surface area contributed by atoms with Crippen LogP contribution in [0, 0.1) is 0 Å². The highest BCUT2D eigenvalue weighted by Crippen LogP contribution is 2.43. The van der Waals surface area contributed by atoms with Gasteiger partial charge in [0.05, 0.1) is 25.9 Å². The fourth-order valence-electron chi connectivity index (χ4n) is 5.66. The Balaban J connectivity index is 4.72. The van der Waals surface area contributed by atoms with E-state index in [1.807, 2.05) is 12.2 Å². The summed E-state index contributed by atoms with van der Waals surface area (Å²) in [6.07, 6.45) is 42.0. The van der Waals surface area contributed by atoms with Crippen molar-refractivity contribution in [2.24, 2.45) is 0 Å². The molecular weight excluding hydrogens is 838 g/mol. The molecule has 0 heterocycles. The summed E-state index contributed by atoms with van der Waals surface area (Å²) < 4.78 is 47.6. The van der Waals surface area contributed by atoms with E-state index in [0.29, 0.717) is 19.3 Å². The van der Waals surface area contributed by atoms with Crippen LogP contribution < -0.4 is 0 Å². The number of hydrogen-bond acceptors (Lipinski definition) is 11. The van der Waals surface area contributed by atoms with Gasteiger partial charge in [-0.2, -0.15) is 0 Å². The minimum absolute atomic E-state index is 0.0371. The van der Waals surface area contributed by atoms with E-state index in [1.54, 1.807) is 12.2 Å². The number of hydrogen-bond donors (Lipinski definition) is 5. The number of allylic oxidation sites excluding steroid dienone is 11. The second-order valence-electron chi connectivity index (χ2n) is 15.2. The molecule has 0 aromatic carbocycles.